The number of nitrogen functional groups attached to an aromatic ring is 1. The van der Waals surface area contributed by atoms with Crippen LogP contribution in [0.15, 0.2) is 53.4 Å². The first kappa shape index (κ1) is 14.5. The van der Waals surface area contributed by atoms with E-state index in [9.17, 15) is 4.79 Å². The molecule has 0 atom stereocenters. The zero-order valence-electron chi connectivity index (χ0n) is 11.4. The molecular formula is C16H18N2OS. The Morgan fingerprint density at radius 2 is 1.95 bits per heavy atom. The minimum atomic E-state index is -0.0662. The molecule has 0 unspecified atom stereocenters. The van der Waals surface area contributed by atoms with Gasteiger partial charge >= 0.3 is 0 Å². The van der Waals surface area contributed by atoms with Crippen LogP contribution in [0.25, 0.3) is 0 Å². The first-order valence-electron chi connectivity index (χ1n) is 6.49. The molecule has 0 aliphatic rings. The number of carbonyl (C=O) groups excluding carboxylic acids is 1. The number of hydrogen-bond acceptors (Lipinski definition) is 3. The Labute approximate surface area is 123 Å². The van der Waals surface area contributed by atoms with Crippen molar-refractivity contribution in [1.82, 2.24) is 5.32 Å². The highest BCUT2D eigenvalue weighted by Gasteiger charge is 2.08. The minimum absolute atomic E-state index is 0.0662. The summed E-state index contributed by atoms with van der Waals surface area (Å²) in [7, 11) is 0. The molecule has 2 rings (SSSR count). The molecule has 0 spiro atoms. The van der Waals surface area contributed by atoms with Gasteiger partial charge in [0.1, 0.15) is 0 Å². The number of carbonyl (C=O) groups is 1. The first-order valence-corrected chi connectivity index (χ1v) is 7.47. The van der Waals surface area contributed by atoms with Crippen molar-refractivity contribution in [2.24, 2.45) is 0 Å². The lowest BCUT2D eigenvalue weighted by Gasteiger charge is -2.08. The molecule has 0 saturated heterocycles. The van der Waals surface area contributed by atoms with Crippen LogP contribution in [0.4, 0.5) is 5.69 Å². The molecule has 3 N–H and O–H groups in total. The van der Waals surface area contributed by atoms with Gasteiger partial charge in [0.05, 0.1) is 0 Å². The van der Waals surface area contributed by atoms with Gasteiger partial charge in [-0.25, -0.2) is 0 Å². The number of thioether (sulfide) groups is 1. The summed E-state index contributed by atoms with van der Waals surface area (Å²) < 4.78 is 0. The van der Waals surface area contributed by atoms with Crippen LogP contribution in [0.1, 0.15) is 15.9 Å². The fraction of sp³-hybridized carbons (Fsp3) is 0.188. The fourth-order valence-electron chi connectivity index (χ4n) is 1.83. The molecule has 1 amide bonds. The molecule has 0 fully saturated rings. The number of nitrogens with one attached hydrogen (secondary N) is 1. The van der Waals surface area contributed by atoms with Crippen LogP contribution >= 0.6 is 11.8 Å². The molecule has 2 aromatic carbocycles. The molecule has 0 aliphatic carbocycles. The summed E-state index contributed by atoms with van der Waals surface area (Å²) in [5, 5.41) is 2.92. The highest BCUT2D eigenvalue weighted by atomic mass is 32.2. The van der Waals surface area contributed by atoms with E-state index in [0.717, 1.165) is 11.3 Å². The Hall–Kier alpha value is -1.94. The van der Waals surface area contributed by atoms with Crippen molar-refractivity contribution in [3.63, 3.8) is 0 Å². The summed E-state index contributed by atoms with van der Waals surface area (Å²) in [6.45, 7) is 2.54. The first-order chi connectivity index (χ1) is 9.66. The molecule has 0 bridgehead atoms. The summed E-state index contributed by atoms with van der Waals surface area (Å²) in [5.41, 5.74) is 7.91. The van der Waals surface area contributed by atoms with Crippen molar-refractivity contribution in [2.75, 3.05) is 18.0 Å². The normalized spacial score (nSPS) is 10.2. The van der Waals surface area contributed by atoms with Crippen molar-refractivity contribution >= 4 is 23.4 Å². The maximum absolute atomic E-state index is 12.1. The lowest BCUT2D eigenvalue weighted by Crippen LogP contribution is -2.26. The maximum atomic E-state index is 12.1. The quantitative estimate of drug-likeness (QED) is 0.504. The Morgan fingerprint density at radius 3 is 2.70 bits per heavy atom. The van der Waals surface area contributed by atoms with Gasteiger partial charge in [-0.15, -0.1) is 11.8 Å². The van der Waals surface area contributed by atoms with E-state index in [-0.39, 0.29) is 5.91 Å². The average molecular weight is 286 g/mol. The second kappa shape index (κ2) is 7.01. The second-order valence-corrected chi connectivity index (χ2v) is 5.66. The molecule has 104 valence electrons. The van der Waals surface area contributed by atoms with Crippen molar-refractivity contribution in [2.45, 2.75) is 11.8 Å². The topological polar surface area (TPSA) is 55.1 Å². The van der Waals surface area contributed by atoms with Gasteiger partial charge in [-0.1, -0.05) is 24.3 Å². The Balaban J connectivity index is 1.82. The lowest BCUT2D eigenvalue weighted by molar-refractivity contribution is 0.0955. The van der Waals surface area contributed by atoms with Crippen molar-refractivity contribution < 1.29 is 4.79 Å². The summed E-state index contributed by atoms with van der Waals surface area (Å²) in [5.74, 6) is 0.778. The van der Waals surface area contributed by atoms with Gasteiger partial charge in [0.25, 0.3) is 5.91 Å². The van der Waals surface area contributed by atoms with Gasteiger partial charge in [0.2, 0.25) is 0 Å². The predicted molar refractivity (Wildman–Crippen MR) is 85.1 cm³/mol. The zero-order valence-corrected chi connectivity index (χ0v) is 12.2. The molecule has 20 heavy (non-hydrogen) atoms. The summed E-state index contributed by atoms with van der Waals surface area (Å²) in [6.07, 6.45) is 0. The third-order valence-corrected chi connectivity index (χ3v) is 3.92. The van der Waals surface area contributed by atoms with Crippen LogP contribution in [0, 0.1) is 6.92 Å². The standard InChI is InChI=1S/C16H18N2OS/c1-12-7-8-13(17)11-15(12)16(19)18-9-10-20-14-5-3-2-4-6-14/h2-8,11H,9-10,17H2,1H3,(H,18,19). The summed E-state index contributed by atoms with van der Waals surface area (Å²) in [6, 6.07) is 15.5. The number of aryl methyl sites for hydroxylation is 1. The third kappa shape index (κ3) is 4.03. The Bertz CT molecular complexity index is 584. The molecule has 2 aromatic rings. The molecule has 4 heteroatoms. The van der Waals surface area contributed by atoms with Gasteiger partial charge in [-0.05, 0) is 36.8 Å². The summed E-state index contributed by atoms with van der Waals surface area (Å²) in [4.78, 5) is 13.3. The van der Waals surface area contributed by atoms with E-state index in [4.69, 9.17) is 5.73 Å². The maximum Gasteiger partial charge on any atom is 0.251 e. The fourth-order valence-corrected chi connectivity index (χ4v) is 2.62. The average Bonchev–Trinajstić information content (AvgIpc) is 2.47. The van der Waals surface area contributed by atoms with E-state index >= 15 is 0 Å². The highest BCUT2D eigenvalue weighted by molar-refractivity contribution is 7.99. The third-order valence-electron chi connectivity index (χ3n) is 2.91. The molecule has 0 heterocycles. The Kier molecular flexibility index (Phi) is 5.07. The number of amides is 1. The predicted octanol–water partition coefficient (Wildman–Crippen LogP) is 3.10. The van der Waals surface area contributed by atoms with Gasteiger partial charge in [-0.3, -0.25) is 4.79 Å². The van der Waals surface area contributed by atoms with Crippen LogP contribution < -0.4 is 11.1 Å². The number of anilines is 1. The Morgan fingerprint density at radius 1 is 1.20 bits per heavy atom. The van der Waals surface area contributed by atoms with Crippen molar-refractivity contribution in [1.29, 1.82) is 0 Å². The van der Waals surface area contributed by atoms with Gasteiger partial charge in [-0.2, -0.15) is 0 Å². The van der Waals surface area contributed by atoms with Crippen LogP contribution in [0.5, 0.6) is 0 Å². The van der Waals surface area contributed by atoms with E-state index in [1.165, 1.54) is 4.90 Å². The summed E-state index contributed by atoms with van der Waals surface area (Å²) >= 11 is 1.73. The highest BCUT2D eigenvalue weighted by Crippen LogP contribution is 2.16. The largest absolute Gasteiger partial charge is 0.399 e. The smallest absolute Gasteiger partial charge is 0.251 e. The zero-order chi connectivity index (χ0) is 14.4. The van der Waals surface area contributed by atoms with Gasteiger partial charge in [0.15, 0.2) is 0 Å². The monoisotopic (exact) mass is 286 g/mol. The van der Waals surface area contributed by atoms with Gasteiger partial charge in [0, 0.05) is 28.4 Å². The second-order valence-electron chi connectivity index (χ2n) is 4.49. The van der Waals surface area contributed by atoms with Gasteiger partial charge < -0.3 is 11.1 Å². The van der Waals surface area contributed by atoms with E-state index in [2.05, 4.69) is 17.4 Å². The number of hydrogen-bond donors (Lipinski definition) is 2. The molecule has 0 aliphatic heterocycles. The SMILES string of the molecule is Cc1ccc(N)cc1C(=O)NCCSc1ccccc1. The molecule has 3 nitrogen and oxygen atoms in total. The van der Waals surface area contributed by atoms with E-state index < -0.39 is 0 Å². The van der Waals surface area contributed by atoms with E-state index in [0.29, 0.717) is 17.8 Å². The molecule has 0 saturated carbocycles. The lowest BCUT2D eigenvalue weighted by atomic mass is 10.1. The van der Waals surface area contributed by atoms with Crippen molar-refractivity contribution in [3.05, 3.63) is 59.7 Å². The number of benzene rings is 2. The molecular weight excluding hydrogens is 268 g/mol. The van der Waals surface area contributed by atoms with Crippen LogP contribution in [0.2, 0.25) is 0 Å². The van der Waals surface area contributed by atoms with Crippen molar-refractivity contribution in [3.8, 4) is 0 Å². The number of rotatable bonds is 5. The number of nitrogens with two attached hydrogens (primary N) is 1. The van der Waals surface area contributed by atoms with Crippen LogP contribution in [-0.2, 0) is 0 Å². The van der Waals surface area contributed by atoms with Crippen LogP contribution in [0.3, 0.4) is 0 Å². The van der Waals surface area contributed by atoms with Crippen LogP contribution in [-0.4, -0.2) is 18.2 Å². The minimum Gasteiger partial charge on any atom is -0.399 e. The van der Waals surface area contributed by atoms with E-state index in [1.54, 1.807) is 23.9 Å². The molecule has 0 aromatic heterocycles. The molecule has 0 radical (unpaired) electrons. The van der Waals surface area contributed by atoms with E-state index in [1.807, 2.05) is 31.2 Å².